The lowest BCUT2D eigenvalue weighted by atomic mass is 9.93. The number of aliphatic hydroxyl groups is 2. The van der Waals surface area contributed by atoms with Crippen LogP contribution in [0.5, 0.6) is 11.5 Å². The summed E-state index contributed by atoms with van der Waals surface area (Å²) in [6.45, 7) is 16.3. The van der Waals surface area contributed by atoms with E-state index in [1.165, 1.54) is 55.7 Å². The second kappa shape index (κ2) is 19.0. The number of ketones is 1. The maximum atomic E-state index is 13.1. The third-order valence-corrected chi connectivity index (χ3v) is 11.6. The Bertz CT molecular complexity index is 2890. The number of hydrogen-bond acceptors (Lipinski definition) is 9. The summed E-state index contributed by atoms with van der Waals surface area (Å²) in [5.74, 6) is 3.57. The zero-order chi connectivity index (χ0) is 44.9. The van der Waals surface area contributed by atoms with Crippen LogP contribution >= 0.6 is 0 Å². The van der Waals surface area contributed by atoms with E-state index in [1.807, 2.05) is 48.5 Å². The van der Waals surface area contributed by atoms with Crippen molar-refractivity contribution >= 4 is 49.3 Å². The fraction of sp³-hybridized carbons (Fsp3) is 0.315. The molecule has 63 heavy (non-hydrogen) atoms. The van der Waals surface area contributed by atoms with Crippen molar-refractivity contribution in [1.82, 2.24) is 0 Å². The van der Waals surface area contributed by atoms with E-state index >= 15 is 0 Å². The smallest absolute Gasteiger partial charge is 0.193 e. The monoisotopic (exact) mass is 848 g/mol. The molecule has 2 aliphatic carbocycles. The van der Waals surface area contributed by atoms with Crippen LogP contribution in [-0.2, 0) is 16.0 Å². The van der Waals surface area contributed by atoms with Gasteiger partial charge in [-0.3, -0.25) is 14.4 Å². The van der Waals surface area contributed by atoms with Crippen molar-refractivity contribution < 1.29 is 33.3 Å². The van der Waals surface area contributed by atoms with Gasteiger partial charge in [0.05, 0.1) is 24.0 Å². The van der Waals surface area contributed by atoms with E-state index in [-0.39, 0.29) is 28.2 Å². The molecule has 0 bridgehead atoms. The molecule has 6 aromatic rings. The number of hydrogen-bond donors (Lipinski definition) is 2. The van der Waals surface area contributed by atoms with Crippen LogP contribution in [0.2, 0.25) is 0 Å². The highest BCUT2D eigenvalue weighted by Crippen LogP contribution is 2.34. The predicted molar refractivity (Wildman–Crippen MR) is 251 cm³/mol. The molecule has 8 rings (SSSR count). The SMILES string of the molecule is C=C1C=CC(O)(c2cc(=O)c3c(ccc4cc(OCCC(C)CCCC(C)C)ccc43)o2)C=C1.CC(C)CCOc1ccc2c(ccc3oc(C4(O)C=CC(=O)C=C4)cc(=O)c32)c1. The van der Waals surface area contributed by atoms with Gasteiger partial charge in [0, 0.05) is 12.1 Å². The average molecular weight is 849 g/mol. The Balaban J connectivity index is 0.000000191. The van der Waals surface area contributed by atoms with Crippen LogP contribution in [0.1, 0.15) is 78.2 Å². The predicted octanol–water partition coefficient (Wildman–Crippen LogP) is 11.3. The largest absolute Gasteiger partial charge is 0.494 e. The van der Waals surface area contributed by atoms with Crippen LogP contribution in [0.15, 0.2) is 152 Å². The van der Waals surface area contributed by atoms with Crippen LogP contribution < -0.4 is 20.3 Å². The molecule has 0 spiro atoms. The van der Waals surface area contributed by atoms with Gasteiger partial charge in [-0.15, -0.1) is 0 Å². The molecule has 1 unspecified atom stereocenters. The summed E-state index contributed by atoms with van der Waals surface area (Å²) < 4.78 is 23.7. The summed E-state index contributed by atoms with van der Waals surface area (Å²) in [6, 6.07) is 21.3. The van der Waals surface area contributed by atoms with Gasteiger partial charge in [0.2, 0.25) is 0 Å². The Morgan fingerprint density at radius 1 is 0.571 bits per heavy atom. The highest BCUT2D eigenvalue weighted by molar-refractivity contribution is 6.07. The zero-order valence-corrected chi connectivity index (χ0v) is 36.7. The molecule has 0 amide bonds. The fourth-order valence-electron chi connectivity index (χ4n) is 7.75. The molecule has 0 saturated heterocycles. The molecule has 1 atom stereocenters. The van der Waals surface area contributed by atoms with Crippen LogP contribution in [0, 0.1) is 17.8 Å². The number of fused-ring (bicyclic) bond motifs is 6. The second-order valence-corrected chi connectivity index (χ2v) is 17.7. The number of carbonyl (C=O) groups excluding carboxylic acids is 1. The minimum Gasteiger partial charge on any atom is -0.494 e. The molecule has 0 fully saturated rings. The quantitative estimate of drug-likeness (QED) is 0.103. The standard InChI is InChI=1S/C30H34O4.C24H22O5/c1-20(2)6-5-7-21(3)14-17-33-24-9-10-25-23(18-24)8-11-27-29(25)26(31)19-28(34-27)30(32)15-12-22(4)13-16-30;1-15(2)9-12-28-18-4-5-19-16(13-18)3-6-21-23(19)20(26)14-22(29-21)24(27)10-7-17(25)8-11-24/h8-13,15-16,18-21,32H,4-7,14,17H2,1-3H3;3-8,10-11,13-15,27H,9,12H2,1-2H3. The van der Waals surface area contributed by atoms with E-state index in [4.69, 9.17) is 18.3 Å². The molecule has 9 nitrogen and oxygen atoms in total. The second-order valence-electron chi connectivity index (χ2n) is 17.7. The molecule has 2 aliphatic rings. The van der Waals surface area contributed by atoms with E-state index in [9.17, 15) is 24.6 Å². The van der Waals surface area contributed by atoms with Gasteiger partial charge in [0.15, 0.2) is 27.8 Å². The first-order valence-corrected chi connectivity index (χ1v) is 21.8. The summed E-state index contributed by atoms with van der Waals surface area (Å²) in [7, 11) is 0. The lowest BCUT2D eigenvalue weighted by Crippen LogP contribution is -2.24. The minimum absolute atomic E-state index is 0.0722. The topological polar surface area (TPSA) is 136 Å². The summed E-state index contributed by atoms with van der Waals surface area (Å²) in [4.78, 5) is 37.3. The maximum absolute atomic E-state index is 13.1. The normalized spacial score (nSPS) is 15.8. The van der Waals surface area contributed by atoms with Crippen molar-refractivity contribution in [3.8, 4) is 11.5 Å². The highest BCUT2D eigenvalue weighted by atomic mass is 16.5. The molecule has 326 valence electrons. The highest BCUT2D eigenvalue weighted by Gasteiger charge is 2.31. The Morgan fingerprint density at radius 3 is 1.51 bits per heavy atom. The average Bonchev–Trinajstić information content (AvgIpc) is 3.25. The van der Waals surface area contributed by atoms with Crippen LogP contribution in [0.3, 0.4) is 0 Å². The van der Waals surface area contributed by atoms with Gasteiger partial charge >= 0.3 is 0 Å². The van der Waals surface area contributed by atoms with E-state index in [2.05, 4.69) is 41.2 Å². The molecular formula is C54H56O9. The van der Waals surface area contributed by atoms with Gasteiger partial charge in [0.1, 0.15) is 34.2 Å². The number of rotatable bonds is 14. The van der Waals surface area contributed by atoms with Gasteiger partial charge in [0.25, 0.3) is 0 Å². The van der Waals surface area contributed by atoms with Crippen molar-refractivity contribution in [1.29, 1.82) is 0 Å². The summed E-state index contributed by atoms with van der Waals surface area (Å²) in [5.41, 5.74) is -1.94. The molecule has 0 radical (unpaired) electrons. The first-order chi connectivity index (χ1) is 30.1. The number of carbonyl (C=O) groups is 1. The van der Waals surface area contributed by atoms with Crippen LogP contribution in [0.25, 0.3) is 43.5 Å². The van der Waals surface area contributed by atoms with Gasteiger partial charge in [-0.25, -0.2) is 0 Å². The van der Waals surface area contributed by atoms with E-state index in [0.717, 1.165) is 57.4 Å². The summed E-state index contributed by atoms with van der Waals surface area (Å²) in [6.07, 6.45) is 17.5. The molecule has 2 aromatic heterocycles. The van der Waals surface area contributed by atoms with Crippen molar-refractivity contribution in [3.05, 3.63) is 166 Å². The van der Waals surface area contributed by atoms with Gasteiger partial charge in [-0.05, 0) is 143 Å². The lowest BCUT2D eigenvalue weighted by molar-refractivity contribution is -0.110. The zero-order valence-electron chi connectivity index (χ0n) is 36.7. The van der Waals surface area contributed by atoms with Gasteiger partial charge in [-0.2, -0.15) is 0 Å². The van der Waals surface area contributed by atoms with E-state index in [1.54, 1.807) is 36.4 Å². The number of allylic oxidation sites excluding steroid dienone is 5. The maximum Gasteiger partial charge on any atom is 0.193 e. The third kappa shape index (κ3) is 10.5. The first-order valence-electron chi connectivity index (χ1n) is 21.8. The molecular weight excluding hydrogens is 793 g/mol. The summed E-state index contributed by atoms with van der Waals surface area (Å²) >= 11 is 0. The number of benzene rings is 4. The van der Waals surface area contributed by atoms with Crippen LogP contribution in [0.4, 0.5) is 0 Å². The Hall–Kier alpha value is -6.29. The minimum atomic E-state index is -1.62. The van der Waals surface area contributed by atoms with Crippen molar-refractivity contribution in [2.75, 3.05) is 13.2 Å². The Labute approximate surface area is 367 Å². The van der Waals surface area contributed by atoms with E-state index in [0.29, 0.717) is 47.0 Å². The molecule has 9 heteroatoms. The van der Waals surface area contributed by atoms with E-state index < -0.39 is 11.2 Å². The van der Waals surface area contributed by atoms with Crippen molar-refractivity contribution in [2.24, 2.45) is 17.8 Å². The van der Waals surface area contributed by atoms with Crippen molar-refractivity contribution in [2.45, 2.75) is 77.9 Å². The molecule has 0 aliphatic heterocycles. The van der Waals surface area contributed by atoms with Gasteiger partial charge in [-0.1, -0.05) is 84.7 Å². The van der Waals surface area contributed by atoms with Crippen LogP contribution in [-0.4, -0.2) is 29.2 Å². The molecule has 2 heterocycles. The van der Waals surface area contributed by atoms with Crippen molar-refractivity contribution in [3.63, 3.8) is 0 Å². The Kier molecular flexibility index (Phi) is 13.5. The third-order valence-electron chi connectivity index (χ3n) is 11.6. The molecule has 0 saturated carbocycles. The molecule has 2 N–H and O–H groups in total. The summed E-state index contributed by atoms with van der Waals surface area (Å²) in [5, 5.41) is 26.0. The molecule has 4 aromatic carbocycles. The fourth-order valence-corrected chi connectivity index (χ4v) is 7.75. The van der Waals surface area contributed by atoms with Gasteiger partial charge < -0.3 is 28.5 Å². The Morgan fingerprint density at radius 2 is 1.03 bits per heavy atom. The lowest BCUT2D eigenvalue weighted by Gasteiger charge is -2.22. The number of ether oxygens (including phenoxy) is 2. The first kappa shape index (κ1) is 44.8.